The maximum Gasteiger partial charge on any atom is 0.267 e. The van der Waals surface area contributed by atoms with E-state index >= 15 is 0 Å². The van der Waals surface area contributed by atoms with E-state index in [0.717, 1.165) is 0 Å². The Morgan fingerprint density at radius 3 is 2.40 bits per heavy atom. The number of nitrogens with zero attached hydrogens (tertiary/aromatic N) is 2. The number of rotatable bonds is 6. The van der Waals surface area contributed by atoms with E-state index in [-0.39, 0.29) is 5.91 Å². The lowest BCUT2D eigenvalue weighted by molar-refractivity contribution is -0.124. The summed E-state index contributed by atoms with van der Waals surface area (Å²) in [4.78, 5) is 30.3. The second kappa shape index (κ2) is 9.49. The molecule has 0 radical (unpaired) electrons. The van der Waals surface area contributed by atoms with Crippen LogP contribution in [0, 0.1) is 0 Å². The molecule has 0 saturated heterocycles. The number of hydroxylamine groups is 1. The highest BCUT2D eigenvalue weighted by Crippen LogP contribution is 2.27. The average Bonchev–Trinajstić information content (AvgIpc) is 2.82. The lowest BCUT2D eigenvalue weighted by Crippen LogP contribution is -2.26. The Balaban J connectivity index is 1.95. The third kappa shape index (κ3) is 4.71. The number of anilines is 1. The molecule has 152 valence electrons. The summed E-state index contributed by atoms with van der Waals surface area (Å²) < 4.78 is 5.13. The summed E-state index contributed by atoms with van der Waals surface area (Å²) in [6.45, 7) is 0. The zero-order valence-corrected chi connectivity index (χ0v) is 16.6. The van der Waals surface area contributed by atoms with Crippen molar-refractivity contribution in [2.24, 2.45) is 0 Å². The summed E-state index contributed by atoms with van der Waals surface area (Å²) in [5, 5.41) is 8.93. The van der Waals surface area contributed by atoms with Crippen LogP contribution in [0.3, 0.4) is 0 Å². The lowest BCUT2D eigenvalue weighted by Gasteiger charge is -2.19. The highest BCUT2D eigenvalue weighted by Gasteiger charge is 2.15. The first-order chi connectivity index (χ1) is 14.5. The van der Waals surface area contributed by atoms with Gasteiger partial charge in [-0.15, -0.1) is 0 Å². The Bertz CT molecular complexity index is 1060. The van der Waals surface area contributed by atoms with Crippen LogP contribution in [0.4, 0.5) is 5.69 Å². The van der Waals surface area contributed by atoms with Crippen molar-refractivity contribution in [1.29, 1.82) is 0 Å². The number of amides is 2. The third-order valence-electron chi connectivity index (χ3n) is 4.54. The molecule has 2 N–H and O–H groups in total. The molecule has 0 spiro atoms. The van der Waals surface area contributed by atoms with Gasteiger partial charge in [-0.2, -0.15) is 0 Å². The number of benzene rings is 2. The zero-order valence-electron chi connectivity index (χ0n) is 16.6. The van der Waals surface area contributed by atoms with Crippen LogP contribution in [0.1, 0.15) is 21.5 Å². The topological polar surface area (TPSA) is 91.8 Å². The fourth-order valence-corrected chi connectivity index (χ4v) is 2.95. The van der Waals surface area contributed by atoms with E-state index in [1.807, 2.05) is 12.1 Å². The molecule has 0 unspecified atom stereocenters. The SMILES string of the molecule is COc1ccc(C(=O)N(C)c2cccc(/C(=C\C(=O)NO)c3cccnc3)c2)cc1. The summed E-state index contributed by atoms with van der Waals surface area (Å²) in [6, 6.07) is 17.6. The van der Waals surface area contributed by atoms with Crippen molar-refractivity contribution >= 4 is 23.1 Å². The van der Waals surface area contributed by atoms with E-state index in [0.29, 0.717) is 33.7 Å². The van der Waals surface area contributed by atoms with Gasteiger partial charge in [-0.05, 0) is 53.6 Å². The number of carbonyl (C=O) groups is 2. The zero-order chi connectivity index (χ0) is 21.5. The molecule has 0 saturated carbocycles. The van der Waals surface area contributed by atoms with Crippen molar-refractivity contribution in [1.82, 2.24) is 10.5 Å². The van der Waals surface area contributed by atoms with E-state index in [1.165, 1.54) is 11.0 Å². The van der Waals surface area contributed by atoms with Crippen LogP contribution in [-0.4, -0.2) is 36.2 Å². The van der Waals surface area contributed by atoms with Gasteiger partial charge in [-0.25, -0.2) is 5.48 Å². The van der Waals surface area contributed by atoms with E-state index in [1.54, 1.807) is 80.6 Å². The van der Waals surface area contributed by atoms with Crippen molar-refractivity contribution in [3.05, 3.63) is 95.8 Å². The molecule has 3 aromatic rings. The standard InChI is InChI=1S/C23H21N3O4/c1-26(23(28)16-8-10-20(30-2)11-9-16)19-7-3-5-17(13-19)21(14-22(27)25-29)18-6-4-12-24-15-18/h3-15,29H,1-2H3,(H,25,27)/b21-14+. The Kier molecular flexibility index (Phi) is 6.56. The first-order valence-corrected chi connectivity index (χ1v) is 9.12. The Labute approximate surface area is 174 Å². The van der Waals surface area contributed by atoms with Crippen molar-refractivity contribution in [3.8, 4) is 5.75 Å². The van der Waals surface area contributed by atoms with E-state index < -0.39 is 5.91 Å². The number of nitrogens with one attached hydrogen (secondary N) is 1. The second-order valence-corrected chi connectivity index (χ2v) is 6.42. The van der Waals surface area contributed by atoms with Gasteiger partial charge in [0.05, 0.1) is 7.11 Å². The van der Waals surface area contributed by atoms with Gasteiger partial charge in [-0.1, -0.05) is 18.2 Å². The van der Waals surface area contributed by atoms with Crippen LogP contribution in [0.2, 0.25) is 0 Å². The van der Waals surface area contributed by atoms with Crippen LogP contribution in [0.15, 0.2) is 79.1 Å². The highest BCUT2D eigenvalue weighted by atomic mass is 16.5. The van der Waals surface area contributed by atoms with Gasteiger partial charge in [-0.3, -0.25) is 19.8 Å². The molecule has 7 heteroatoms. The van der Waals surface area contributed by atoms with Crippen LogP contribution in [0.5, 0.6) is 5.75 Å². The molecule has 0 bridgehead atoms. The van der Waals surface area contributed by atoms with Gasteiger partial charge in [0.1, 0.15) is 5.75 Å². The fourth-order valence-electron chi connectivity index (χ4n) is 2.95. The number of hydrogen-bond donors (Lipinski definition) is 2. The predicted molar refractivity (Wildman–Crippen MR) is 113 cm³/mol. The van der Waals surface area contributed by atoms with Crippen molar-refractivity contribution < 1.29 is 19.5 Å². The lowest BCUT2D eigenvalue weighted by atomic mass is 9.98. The van der Waals surface area contributed by atoms with E-state index in [9.17, 15) is 9.59 Å². The minimum absolute atomic E-state index is 0.185. The molecule has 0 aliphatic carbocycles. The number of methoxy groups -OCH3 is 1. The molecule has 2 amide bonds. The van der Waals surface area contributed by atoms with Crippen LogP contribution in [-0.2, 0) is 4.79 Å². The van der Waals surface area contributed by atoms with Crippen molar-refractivity contribution in [2.45, 2.75) is 0 Å². The predicted octanol–water partition coefficient (Wildman–Crippen LogP) is 3.30. The van der Waals surface area contributed by atoms with Crippen LogP contribution < -0.4 is 15.1 Å². The van der Waals surface area contributed by atoms with Crippen molar-refractivity contribution in [2.75, 3.05) is 19.1 Å². The van der Waals surface area contributed by atoms with Gasteiger partial charge in [0.2, 0.25) is 0 Å². The Morgan fingerprint density at radius 1 is 1.03 bits per heavy atom. The molecule has 7 nitrogen and oxygen atoms in total. The molecule has 0 aliphatic heterocycles. The molecule has 1 heterocycles. The summed E-state index contributed by atoms with van der Waals surface area (Å²) in [5.41, 5.74) is 4.72. The van der Waals surface area contributed by atoms with Crippen LogP contribution in [0.25, 0.3) is 5.57 Å². The number of carbonyl (C=O) groups excluding carboxylic acids is 2. The smallest absolute Gasteiger partial charge is 0.267 e. The molecule has 1 aromatic heterocycles. The second-order valence-electron chi connectivity index (χ2n) is 6.42. The number of ether oxygens (including phenoxy) is 1. The van der Waals surface area contributed by atoms with Gasteiger partial charge in [0, 0.05) is 42.3 Å². The number of hydrogen-bond acceptors (Lipinski definition) is 5. The molecular formula is C23H21N3O4. The Morgan fingerprint density at radius 2 is 1.77 bits per heavy atom. The maximum atomic E-state index is 12.9. The summed E-state index contributed by atoms with van der Waals surface area (Å²) in [5.74, 6) is -0.179. The summed E-state index contributed by atoms with van der Waals surface area (Å²) in [7, 11) is 3.25. The largest absolute Gasteiger partial charge is 0.497 e. The third-order valence-corrected chi connectivity index (χ3v) is 4.54. The van der Waals surface area contributed by atoms with Crippen LogP contribution >= 0.6 is 0 Å². The number of aromatic nitrogens is 1. The highest BCUT2D eigenvalue weighted by molar-refractivity contribution is 6.06. The Hall–Kier alpha value is -3.97. The quantitative estimate of drug-likeness (QED) is 0.374. The van der Waals surface area contributed by atoms with E-state index in [2.05, 4.69) is 4.98 Å². The fraction of sp³-hybridized carbons (Fsp3) is 0.0870. The monoisotopic (exact) mass is 403 g/mol. The van der Waals surface area contributed by atoms with E-state index in [4.69, 9.17) is 9.94 Å². The normalized spacial score (nSPS) is 11.0. The molecular weight excluding hydrogens is 382 g/mol. The van der Waals surface area contributed by atoms with Gasteiger partial charge >= 0.3 is 0 Å². The van der Waals surface area contributed by atoms with Crippen molar-refractivity contribution in [3.63, 3.8) is 0 Å². The molecule has 2 aromatic carbocycles. The van der Waals surface area contributed by atoms with Gasteiger partial charge < -0.3 is 9.64 Å². The first kappa shape index (κ1) is 20.8. The van der Waals surface area contributed by atoms with Gasteiger partial charge in [0.15, 0.2) is 0 Å². The summed E-state index contributed by atoms with van der Waals surface area (Å²) in [6.07, 6.45) is 4.53. The maximum absolute atomic E-state index is 12.9. The minimum Gasteiger partial charge on any atom is -0.497 e. The minimum atomic E-state index is -0.665. The average molecular weight is 403 g/mol. The van der Waals surface area contributed by atoms with Gasteiger partial charge in [0.25, 0.3) is 11.8 Å². The molecule has 0 fully saturated rings. The first-order valence-electron chi connectivity index (χ1n) is 9.12. The molecule has 0 aliphatic rings. The number of pyridine rings is 1. The molecule has 0 atom stereocenters. The molecule has 30 heavy (non-hydrogen) atoms. The summed E-state index contributed by atoms with van der Waals surface area (Å²) >= 11 is 0. The molecule has 3 rings (SSSR count).